The van der Waals surface area contributed by atoms with Gasteiger partial charge in [-0.05, 0) is 38.0 Å². The van der Waals surface area contributed by atoms with E-state index in [0.717, 1.165) is 11.6 Å². The first-order valence-corrected chi connectivity index (χ1v) is 20.3. The van der Waals surface area contributed by atoms with Crippen LogP contribution in [0.5, 0.6) is 0 Å². The van der Waals surface area contributed by atoms with Gasteiger partial charge < -0.3 is 38.2 Å². The lowest BCUT2D eigenvalue weighted by molar-refractivity contribution is -0.442. The topological polar surface area (TPSA) is 108 Å². The minimum atomic E-state index is -0.527. The predicted molar refractivity (Wildman–Crippen MR) is 224 cm³/mol. The number of carbonyl (C=O) groups excluding carboxylic acids is 2. The monoisotopic (exact) mass is 800 g/mol. The van der Waals surface area contributed by atoms with Crippen LogP contribution in [0.25, 0.3) is 0 Å². The molecule has 0 unspecified atom stereocenters. The summed E-state index contributed by atoms with van der Waals surface area (Å²) in [6.45, 7) is 19.5. The number of hydroxylamine groups is 2. The second-order valence-electron chi connectivity index (χ2n) is 15.3. The zero-order valence-electron chi connectivity index (χ0n) is 35.0. The quantitative estimate of drug-likeness (QED) is 0.0622. The molecule has 0 radical (unpaired) electrons. The highest BCUT2D eigenvalue weighted by Crippen LogP contribution is 2.47. The number of hydrogen-bond donors (Lipinski definition) is 0. The third-order valence-corrected chi connectivity index (χ3v) is 10.6. The summed E-state index contributed by atoms with van der Waals surface area (Å²) >= 11 is 0. The van der Waals surface area contributed by atoms with Gasteiger partial charge >= 0.3 is 5.97 Å². The molecule has 314 valence electrons. The SMILES string of the molecule is C=C1CCC(=O)N1OC(=O)CCOCCOCCN1/C(=C/C=C\C=C/C2=[N+](CCOCCOCCOCCOC)c3ccccc3C2(C)C)C(C)(C)c2ccccc21. The Morgan fingerprint density at radius 1 is 0.741 bits per heavy atom. The van der Waals surface area contributed by atoms with Crippen LogP contribution in [0.1, 0.15) is 58.1 Å². The van der Waals surface area contributed by atoms with Gasteiger partial charge in [-0.25, -0.2) is 4.79 Å². The Bertz CT molecular complexity index is 1810. The van der Waals surface area contributed by atoms with E-state index in [9.17, 15) is 9.59 Å². The minimum absolute atomic E-state index is 0.0375. The number of carbonyl (C=O) groups is 2. The lowest BCUT2D eigenvalue weighted by Crippen LogP contribution is -2.29. The second-order valence-corrected chi connectivity index (χ2v) is 15.3. The van der Waals surface area contributed by atoms with Crippen molar-refractivity contribution in [2.45, 2.75) is 57.8 Å². The number of amides is 1. The number of benzene rings is 2. The highest BCUT2D eigenvalue weighted by atomic mass is 16.7. The molecule has 12 nitrogen and oxygen atoms in total. The van der Waals surface area contributed by atoms with Crippen LogP contribution in [0.15, 0.2) is 96.9 Å². The number of anilines is 1. The van der Waals surface area contributed by atoms with Crippen molar-refractivity contribution in [3.8, 4) is 0 Å². The van der Waals surface area contributed by atoms with E-state index in [1.165, 1.54) is 33.9 Å². The normalized spacial score (nSPS) is 17.8. The first kappa shape index (κ1) is 44.7. The van der Waals surface area contributed by atoms with E-state index in [1.807, 2.05) is 0 Å². The summed E-state index contributed by atoms with van der Waals surface area (Å²) in [6.07, 6.45) is 11.6. The highest BCUT2D eigenvalue weighted by molar-refractivity contribution is 6.03. The van der Waals surface area contributed by atoms with E-state index < -0.39 is 5.97 Å². The maximum Gasteiger partial charge on any atom is 0.335 e. The fourth-order valence-electron chi connectivity index (χ4n) is 7.49. The molecule has 2 aromatic rings. The largest absolute Gasteiger partial charge is 0.382 e. The van der Waals surface area contributed by atoms with Crippen LogP contribution in [0.2, 0.25) is 0 Å². The van der Waals surface area contributed by atoms with Crippen molar-refractivity contribution in [2.24, 2.45) is 0 Å². The third-order valence-electron chi connectivity index (χ3n) is 10.6. The first-order valence-electron chi connectivity index (χ1n) is 20.3. The molecule has 1 amide bonds. The molecular weight excluding hydrogens is 739 g/mol. The van der Waals surface area contributed by atoms with Gasteiger partial charge in [0, 0.05) is 54.6 Å². The Hall–Kier alpha value is -4.43. The molecule has 0 bridgehead atoms. The minimum Gasteiger partial charge on any atom is -0.382 e. The molecule has 1 saturated heterocycles. The summed E-state index contributed by atoms with van der Waals surface area (Å²) in [7, 11) is 1.66. The molecule has 0 aliphatic carbocycles. The van der Waals surface area contributed by atoms with Gasteiger partial charge in [-0.3, -0.25) is 4.79 Å². The third kappa shape index (κ3) is 11.6. The zero-order valence-corrected chi connectivity index (χ0v) is 35.0. The van der Waals surface area contributed by atoms with Gasteiger partial charge in [0.15, 0.2) is 12.3 Å². The molecule has 0 aromatic heterocycles. The van der Waals surface area contributed by atoms with E-state index in [2.05, 4.69) is 123 Å². The molecule has 58 heavy (non-hydrogen) atoms. The van der Waals surface area contributed by atoms with Crippen LogP contribution in [-0.4, -0.2) is 120 Å². The fraction of sp³-hybridized carbons (Fsp3) is 0.500. The molecule has 3 aliphatic heterocycles. The summed E-state index contributed by atoms with van der Waals surface area (Å²) in [4.78, 5) is 31.4. The maximum atomic E-state index is 12.1. The lowest BCUT2D eigenvalue weighted by atomic mass is 9.81. The summed E-state index contributed by atoms with van der Waals surface area (Å²) in [5, 5.41) is 0.991. The Morgan fingerprint density at radius 2 is 1.36 bits per heavy atom. The number of rotatable bonds is 25. The average molecular weight is 801 g/mol. The van der Waals surface area contributed by atoms with Crippen LogP contribution in [0.4, 0.5) is 11.4 Å². The Morgan fingerprint density at radius 3 is 2.05 bits per heavy atom. The number of ether oxygens (including phenoxy) is 6. The van der Waals surface area contributed by atoms with E-state index in [1.54, 1.807) is 7.11 Å². The molecule has 0 saturated carbocycles. The smallest absolute Gasteiger partial charge is 0.335 e. The second kappa shape index (κ2) is 22.1. The molecule has 3 heterocycles. The van der Waals surface area contributed by atoms with Crippen molar-refractivity contribution < 1.29 is 47.4 Å². The van der Waals surface area contributed by atoms with Crippen molar-refractivity contribution in [3.05, 3.63) is 108 Å². The standard InChI is InChI=1S/C46H62N3O9/c1-36-20-21-43(50)49(36)58-44(51)22-25-53-30-31-54-26-23-47-39-16-12-10-14-37(39)45(2,3)41(47)18-8-7-9-19-42-46(4,5)38-15-11-13-17-40(38)48(42)24-27-55-32-33-57-35-34-56-29-28-52-6/h7-19H,1,20-35H2,2-6H3/q+1. The predicted octanol–water partition coefficient (Wildman–Crippen LogP) is 6.57. The van der Waals surface area contributed by atoms with Crippen LogP contribution in [0, 0.1) is 0 Å². The van der Waals surface area contributed by atoms with Gasteiger partial charge in [0.2, 0.25) is 5.69 Å². The number of fused-ring (bicyclic) bond motifs is 2. The van der Waals surface area contributed by atoms with Crippen molar-refractivity contribution >= 4 is 29.0 Å². The van der Waals surface area contributed by atoms with E-state index in [0.29, 0.717) is 91.2 Å². The van der Waals surface area contributed by atoms with Crippen molar-refractivity contribution in [2.75, 3.05) is 97.8 Å². The fourth-order valence-corrected chi connectivity index (χ4v) is 7.49. The van der Waals surface area contributed by atoms with Crippen molar-refractivity contribution in [3.63, 3.8) is 0 Å². The van der Waals surface area contributed by atoms with E-state index in [4.69, 9.17) is 33.3 Å². The van der Waals surface area contributed by atoms with Crippen LogP contribution < -0.4 is 4.90 Å². The number of nitrogens with zero attached hydrogens (tertiary/aromatic N) is 3. The summed E-state index contributed by atoms with van der Waals surface area (Å²) in [5.74, 6) is -0.780. The molecule has 0 N–H and O–H groups in total. The lowest BCUT2D eigenvalue weighted by Gasteiger charge is -2.27. The summed E-state index contributed by atoms with van der Waals surface area (Å²) in [6, 6.07) is 17.1. The number of allylic oxidation sites excluding steroid dienone is 7. The van der Waals surface area contributed by atoms with Gasteiger partial charge in [-0.15, -0.1) is 5.06 Å². The van der Waals surface area contributed by atoms with Crippen molar-refractivity contribution in [1.82, 2.24) is 5.06 Å². The molecule has 3 aliphatic rings. The molecule has 0 spiro atoms. The maximum absolute atomic E-state index is 12.1. The van der Waals surface area contributed by atoms with Gasteiger partial charge in [0.1, 0.15) is 6.61 Å². The Balaban J connectivity index is 1.13. The van der Waals surface area contributed by atoms with Crippen LogP contribution in [0.3, 0.4) is 0 Å². The average Bonchev–Trinajstić information content (AvgIpc) is 3.72. The zero-order chi connectivity index (χ0) is 41.4. The highest BCUT2D eigenvalue weighted by Gasteiger charge is 2.44. The van der Waals surface area contributed by atoms with Gasteiger partial charge in [0.05, 0.1) is 83.6 Å². The number of para-hydroxylation sites is 2. The van der Waals surface area contributed by atoms with E-state index >= 15 is 0 Å². The van der Waals surface area contributed by atoms with Crippen molar-refractivity contribution in [1.29, 1.82) is 0 Å². The summed E-state index contributed by atoms with van der Waals surface area (Å²) in [5.41, 5.74) is 7.52. The van der Waals surface area contributed by atoms with Gasteiger partial charge in [0.25, 0.3) is 5.91 Å². The number of methoxy groups -OCH3 is 1. The van der Waals surface area contributed by atoms with Crippen LogP contribution in [-0.2, 0) is 53.7 Å². The molecule has 1 fully saturated rings. The first-order chi connectivity index (χ1) is 28.1. The summed E-state index contributed by atoms with van der Waals surface area (Å²) < 4.78 is 36.0. The van der Waals surface area contributed by atoms with E-state index in [-0.39, 0.29) is 29.8 Å². The van der Waals surface area contributed by atoms with Crippen LogP contribution >= 0.6 is 0 Å². The van der Waals surface area contributed by atoms with Gasteiger partial charge in [-0.2, -0.15) is 4.58 Å². The molecule has 5 rings (SSSR count). The Kier molecular flexibility index (Phi) is 17.0. The molecule has 0 atom stereocenters. The number of hydrogen-bond acceptors (Lipinski definition) is 10. The molecule has 12 heteroatoms. The Labute approximate surface area is 344 Å². The molecule has 2 aromatic carbocycles. The molecular formula is C46H62N3O9+. The van der Waals surface area contributed by atoms with Gasteiger partial charge in [-0.1, -0.05) is 75.1 Å².